The number of carbonyl (C=O) groups excluding carboxylic acids is 2. The van der Waals surface area contributed by atoms with Crippen LogP contribution in [0.3, 0.4) is 0 Å². The standard InChI is InChI=1S/C20H23N3O3S/c24-19(18-4-2-11-26-18)21-15-5-7-16(8-6-15)22-20(25)23-10-1-3-17(23)14-9-12-27-13-14/h5-9,12-13,17-18H,1-4,10-11H2,(H,21,24)(H,22,25). The first-order chi connectivity index (χ1) is 13.2. The van der Waals surface area contributed by atoms with E-state index >= 15 is 0 Å². The molecule has 2 N–H and O–H groups in total. The van der Waals surface area contributed by atoms with Gasteiger partial charge in [-0.2, -0.15) is 11.3 Å². The maximum atomic E-state index is 12.7. The number of carbonyl (C=O) groups is 2. The van der Waals surface area contributed by atoms with Gasteiger partial charge in [0.1, 0.15) is 6.10 Å². The minimum Gasteiger partial charge on any atom is -0.368 e. The third-order valence-corrected chi connectivity index (χ3v) is 5.77. The fourth-order valence-corrected chi connectivity index (χ4v) is 4.37. The van der Waals surface area contributed by atoms with Gasteiger partial charge in [-0.05, 0) is 72.3 Å². The molecule has 7 heteroatoms. The van der Waals surface area contributed by atoms with Gasteiger partial charge in [-0.1, -0.05) is 0 Å². The van der Waals surface area contributed by atoms with Crippen molar-refractivity contribution in [3.8, 4) is 0 Å². The molecule has 1 aromatic carbocycles. The molecule has 2 aromatic rings. The molecule has 142 valence electrons. The van der Waals surface area contributed by atoms with Crippen LogP contribution in [-0.2, 0) is 9.53 Å². The Morgan fingerprint density at radius 3 is 2.48 bits per heavy atom. The number of anilines is 2. The van der Waals surface area contributed by atoms with E-state index in [1.54, 1.807) is 35.6 Å². The molecule has 2 aliphatic rings. The second-order valence-corrected chi connectivity index (χ2v) is 7.69. The highest BCUT2D eigenvalue weighted by atomic mass is 32.1. The van der Waals surface area contributed by atoms with Gasteiger partial charge >= 0.3 is 6.03 Å². The monoisotopic (exact) mass is 385 g/mol. The van der Waals surface area contributed by atoms with E-state index in [4.69, 9.17) is 4.74 Å². The van der Waals surface area contributed by atoms with Crippen LogP contribution in [0.2, 0.25) is 0 Å². The van der Waals surface area contributed by atoms with Gasteiger partial charge in [0, 0.05) is 24.5 Å². The zero-order valence-electron chi connectivity index (χ0n) is 15.0. The lowest BCUT2D eigenvalue weighted by Crippen LogP contribution is -2.34. The molecule has 2 aliphatic heterocycles. The minimum absolute atomic E-state index is 0.0835. The average Bonchev–Trinajstić information content (AvgIpc) is 3.43. The summed E-state index contributed by atoms with van der Waals surface area (Å²) in [6, 6.07) is 9.36. The Hall–Kier alpha value is -2.38. The van der Waals surface area contributed by atoms with Crippen LogP contribution in [-0.4, -0.2) is 36.1 Å². The van der Waals surface area contributed by atoms with Gasteiger partial charge in [0.25, 0.3) is 5.91 Å². The summed E-state index contributed by atoms with van der Waals surface area (Å²) in [4.78, 5) is 26.7. The van der Waals surface area contributed by atoms with E-state index in [1.807, 2.05) is 10.3 Å². The fourth-order valence-electron chi connectivity index (χ4n) is 3.66. The van der Waals surface area contributed by atoms with Crippen molar-refractivity contribution in [2.45, 2.75) is 37.8 Å². The summed E-state index contributed by atoms with van der Waals surface area (Å²) in [6.45, 7) is 1.41. The van der Waals surface area contributed by atoms with Gasteiger partial charge in [-0.3, -0.25) is 4.79 Å². The smallest absolute Gasteiger partial charge is 0.322 e. The highest BCUT2D eigenvalue weighted by Crippen LogP contribution is 2.33. The van der Waals surface area contributed by atoms with Crippen molar-refractivity contribution in [1.82, 2.24) is 4.90 Å². The zero-order valence-corrected chi connectivity index (χ0v) is 15.8. The number of hydrogen-bond donors (Lipinski definition) is 2. The summed E-state index contributed by atoms with van der Waals surface area (Å²) < 4.78 is 5.39. The average molecular weight is 385 g/mol. The molecule has 0 spiro atoms. The molecular formula is C20H23N3O3S. The van der Waals surface area contributed by atoms with Crippen LogP contribution in [0.25, 0.3) is 0 Å². The van der Waals surface area contributed by atoms with E-state index in [0.717, 1.165) is 32.2 Å². The first kappa shape index (κ1) is 18.0. The summed E-state index contributed by atoms with van der Waals surface area (Å²) in [5, 5.41) is 9.99. The molecule has 3 amide bonds. The lowest BCUT2D eigenvalue weighted by molar-refractivity contribution is -0.124. The highest BCUT2D eigenvalue weighted by molar-refractivity contribution is 7.08. The van der Waals surface area contributed by atoms with Crippen molar-refractivity contribution in [1.29, 1.82) is 0 Å². The van der Waals surface area contributed by atoms with Crippen LogP contribution in [0, 0.1) is 0 Å². The van der Waals surface area contributed by atoms with E-state index in [0.29, 0.717) is 18.0 Å². The first-order valence-corrected chi connectivity index (χ1v) is 10.3. The number of rotatable bonds is 4. The molecule has 4 rings (SSSR count). The normalized spacial score (nSPS) is 22.0. The molecule has 1 aromatic heterocycles. The number of thiophene rings is 1. The minimum atomic E-state index is -0.353. The molecule has 2 unspecified atom stereocenters. The Morgan fingerprint density at radius 2 is 1.81 bits per heavy atom. The fraction of sp³-hybridized carbons (Fsp3) is 0.400. The Balaban J connectivity index is 1.35. The summed E-state index contributed by atoms with van der Waals surface area (Å²) in [7, 11) is 0. The summed E-state index contributed by atoms with van der Waals surface area (Å²) in [5.41, 5.74) is 2.62. The van der Waals surface area contributed by atoms with E-state index in [2.05, 4.69) is 22.1 Å². The third-order valence-electron chi connectivity index (χ3n) is 5.07. The van der Waals surface area contributed by atoms with E-state index < -0.39 is 0 Å². The van der Waals surface area contributed by atoms with Crippen molar-refractivity contribution in [2.24, 2.45) is 0 Å². The maximum absolute atomic E-state index is 12.7. The van der Waals surface area contributed by atoms with Crippen LogP contribution in [0.4, 0.5) is 16.2 Å². The SMILES string of the molecule is O=C(Nc1ccc(NC(=O)N2CCCC2c2ccsc2)cc1)C1CCCO1. The largest absolute Gasteiger partial charge is 0.368 e. The molecule has 2 atom stereocenters. The van der Waals surface area contributed by atoms with Crippen LogP contribution >= 0.6 is 11.3 Å². The number of hydrogen-bond acceptors (Lipinski definition) is 4. The predicted molar refractivity (Wildman–Crippen MR) is 106 cm³/mol. The van der Waals surface area contributed by atoms with Gasteiger partial charge in [-0.25, -0.2) is 4.79 Å². The summed E-state index contributed by atoms with van der Waals surface area (Å²) in [5.74, 6) is -0.111. The van der Waals surface area contributed by atoms with Crippen LogP contribution < -0.4 is 10.6 Å². The Kier molecular flexibility index (Phi) is 5.40. The number of amides is 3. The quantitative estimate of drug-likeness (QED) is 0.827. The Labute approximate surface area is 162 Å². The maximum Gasteiger partial charge on any atom is 0.322 e. The van der Waals surface area contributed by atoms with Crippen molar-refractivity contribution >= 4 is 34.6 Å². The molecular weight excluding hydrogens is 362 g/mol. The summed E-state index contributed by atoms with van der Waals surface area (Å²) >= 11 is 1.66. The highest BCUT2D eigenvalue weighted by Gasteiger charge is 2.30. The molecule has 0 aliphatic carbocycles. The first-order valence-electron chi connectivity index (χ1n) is 9.33. The van der Waals surface area contributed by atoms with Crippen LogP contribution in [0.15, 0.2) is 41.1 Å². The number of nitrogens with zero attached hydrogens (tertiary/aromatic N) is 1. The van der Waals surface area contributed by atoms with E-state index in [9.17, 15) is 9.59 Å². The molecule has 0 saturated carbocycles. The predicted octanol–water partition coefficient (Wildman–Crippen LogP) is 4.23. The number of likely N-dealkylation sites (tertiary alicyclic amines) is 1. The van der Waals surface area contributed by atoms with Gasteiger partial charge in [0.05, 0.1) is 6.04 Å². The second kappa shape index (κ2) is 8.10. The molecule has 2 fully saturated rings. The zero-order chi connectivity index (χ0) is 18.6. The Morgan fingerprint density at radius 1 is 1.04 bits per heavy atom. The van der Waals surface area contributed by atoms with Crippen molar-refractivity contribution in [3.05, 3.63) is 46.7 Å². The number of nitrogens with one attached hydrogen (secondary N) is 2. The summed E-state index contributed by atoms with van der Waals surface area (Å²) in [6.07, 6.45) is 3.35. The molecule has 0 bridgehead atoms. The van der Waals surface area contributed by atoms with Gasteiger partial charge < -0.3 is 20.3 Å². The van der Waals surface area contributed by atoms with Gasteiger partial charge in [0.15, 0.2) is 0 Å². The van der Waals surface area contributed by atoms with Gasteiger partial charge in [-0.15, -0.1) is 0 Å². The van der Waals surface area contributed by atoms with Gasteiger partial charge in [0.2, 0.25) is 0 Å². The van der Waals surface area contributed by atoms with Crippen LogP contribution in [0.1, 0.15) is 37.3 Å². The molecule has 6 nitrogen and oxygen atoms in total. The van der Waals surface area contributed by atoms with Crippen molar-refractivity contribution in [3.63, 3.8) is 0 Å². The lowest BCUT2D eigenvalue weighted by atomic mass is 10.1. The number of benzene rings is 1. The topological polar surface area (TPSA) is 70.7 Å². The number of urea groups is 1. The molecule has 2 saturated heterocycles. The van der Waals surface area contributed by atoms with Crippen molar-refractivity contribution in [2.75, 3.05) is 23.8 Å². The Bertz CT molecular complexity index is 785. The van der Waals surface area contributed by atoms with Crippen LogP contribution in [0.5, 0.6) is 0 Å². The molecule has 0 radical (unpaired) electrons. The van der Waals surface area contributed by atoms with E-state index in [-0.39, 0.29) is 24.1 Å². The third kappa shape index (κ3) is 4.14. The van der Waals surface area contributed by atoms with E-state index in [1.165, 1.54) is 5.56 Å². The second-order valence-electron chi connectivity index (χ2n) is 6.91. The van der Waals surface area contributed by atoms with Crippen molar-refractivity contribution < 1.29 is 14.3 Å². The molecule has 27 heavy (non-hydrogen) atoms. The molecule has 3 heterocycles. The number of ether oxygens (including phenoxy) is 1. The lowest BCUT2D eigenvalue weighted by Gasteiger charge is -2.24.